The molecule has 0 radical (unpaired) electrons. The molecule has 2 fully saturated rings. The van der Waals surface area contributed by atoms with Gasteiger partial charge in [0.05, 0.1) is 11.8 Å². The van der Waals surface area contributed by atoms with Gasteiger partial charge in [-0.15, -0.1) is 0 Å². The van der Waals surface area contributed by atoms with E-state index in [2.05, 4.69) is 42.0 Å². The minimum Gasteiger partial charge on any atom is -0.488 e. The maximum absolute atomic E-state index is 6.37. The topological polar surface area (TPSA) is 15.7 Å². The molecule has 1 saturated heterocycles. The average molecular weight is 288 g/mol. The lowest BCUT2D eigenvalue weighted by atomic mass is 10.1. The second-order valence-corrected chi connectivity index (χ2v) is 6.47. The van der Waals surface area contributed by atoms with Crippen LogP contribution in [0.2, 0.25) is 0 Å². The zero-order valence-electron chi connectivity index (χ0n) is 13.5. The molecule has 1 aliphatic carbocycles. The summed E-state index contributed by atoms with van der Waals surface area (Å²) in [7, 11) is 2.20. The minimum absolute atomic E-state index is 0.434. The molecule has 3 nitrogen and oxygen atoms in total. The van der Waals surface area contributed by atoms with E-state index in [9.17, 15) is 0 Å². The average Bonchev–Trinajstić information content (AvgIpc) is 3.01. The van der Waals surface area contributed by atoms with E-state index in [4.69, 9.17) is 4.74 Å². The van der Waals surface area contributed by atoms with Crippen molar-refractivity contribution in [3.05, 3.63) is 23.8 Å². The van der Waals surface area contributed by atoms with E-state index >= 15 is 0 Å². The number of nitrogens with zero attached hydrogens (tertiary/aromatic N) is 2. The SMILES string of the molecule is CCc1ccc(N2CCN(C)CC2)c(OC2CCCC2)c1. The monoisotopic (exact) mass is 288 g/mol. The van der Waals surface area contributed by atoms with E-state index < -0.39 is 0 Å². The number of rotatable bonds is 4. The zero-order valence-corrected chi connectivity index (χ0v) is 13.5. The highest BCUT2D eigenvalue weighted by Gasteiger charge is 2.22. The summed E-state index contributed by atoms with van der Waals surface area (Å²) >= 11 is 0. The Hall–Kier alpha value is -1.22. The van der Waals surface area contributed by atoms with Gasteiger partial charge >= 0.3 is 0 Å². The Bertz CT molecular complexity index is 460. The number of benzene rings is 1. The van der Waals surface area contributed by atoms with Gasteiger partial charge in [0.25, 0.3) is 0 Å². The maximum atomic E-state index is 6.37. The number of aryl methyl sites for hydroxylation is 1. The van der Waals surface area contributed by atoms with Crippen LogP contribution in [0, 0.1) is 0 Å². The van der Waals surface area contributed by atoms with Crippen molar-refractivity contribution in [1.29, 1.82) is 0 Å². The second kappa shape index (κ2) is 6.69. The van der Waals surface area contributed by atoms with Crippen LogP contribution in [0.1, 0.15) is 38.2 Å². The maximum Gasteiger partial charge on any atom is 0.143 e. The largest absolute Gasteiger partial charge is 0.488 e. The van der Waals surface area contributed by atoms with E-state index in [1.807, 2.05) is 0 Å². The van der Waals surface area contributed by atoms with E-state index in [0.717, 1.165) is 38.3 Å². The molecule has 0 unspecified atom stereocenters. The van der Waals surface area contributed by atoms with Crippen molar-refractivity contribution in [2.24, 2.45) is 0 Å². The molecule has 1 aromatic rings. The van der Waals surface area contributed by atoms with Gasteiger partial charge in [-0.3, -0.25) is 0 Å². The Labute approximate surface area is 128 Å². The predicted octanol–water partition coefficient (Wildman–Crippen LogP) is 3.32. The predicted molar refractivity (Wildman–Crippen MR) is 88.4 cm³/mol. The smallest absolute Gasteiger partial charge is 0.143 e. The molecule has 3 heteroatoms. The van der Waals surface area contributed by atoms with Crippen LogP contribution < -0.4 is 9.64 Å². The molecule has 21 heavy (non-hydrogen) atoms. The van der Waals surface area contributed by atoms with Crippen LogP contribution in [-0.4, -0.2) is 44.2 Å². The molecule has 0 amide bonds. The lowest BCUT2D eigenvalue weighted by Crippen LogP contribution is -2.44. The standard InChI is InChI=1S/C18H28N2O/c1-3-15-8-9-17(20-12-10-19(2)11-13-20)18(14-15)21-16-6-4-5-7-16/h8-9,14,16H,3-7,10-13H2,1-2H3. The second-order valence-electron chi connectivity index (χ2n) is 6.47. The van der Waals surface area contributed by atoms with Crippen LogP contribution in [-0.2, 0) is 6.42 Å². The fraction of sp³-hybridized carbons (Fsp3) is 0.667. The van der Waals surface area contributed by atoms with Gasteiger partial charge in [-0.05, 0) is 56.8 Å². The minimum atomic E-state index is 0.434. The fourth-order valence-electron chi connectivity index (χ4n) is 3.37. The van der Waals surface area contributed by atoms with E-state index in [0.29, 0.717) is 6.10 Å². The van der Waals surface area contributed by atoms with Crippen molar-refractivity contribution in [1.82, 2.24) is 4.90 Å². The first-order chi connectivity index (χ1) is 10.3. The van der Waals surface area contributed by atoms with Crippen LogP contribution in [0.15, 0.2) is 18.2 Å². The van der Waals surface area contributed by atoms with Gasteiger partial charge in [-0.2, -0.15) is 0 Å². The van der Waals surface area contributed by atoms with Crippen LogP contribution in [0.25, 0.3) is 0 Å². The van der Waals surface area contributed by atoms with Crippen LogP contribution in [0.3, 0.4) is 0 Å². The molecule has 1 saturated carbocycles. The van der Waals surface area contributed by atoms with Gasteiger partial charge in [0.15, 0.2) is 0 Å². The summed E-state index contributed by atoms with van der Waals surface area (Å²) in [5.74, 6) is 1.12. The highest BCUT2D eigenvalue weighted by atomic mass is 16.5. The fourth-order valence-corrected chi connectivity index (χ4v) is 3.37. The Morgan fingerprint density at radius 2 is 1.81 bits per heavy atom. The zero-order chi connectivity index (χ0) is 14.7. The molecule has 1 heterocycles. The summed E-state index contributed by atoms with van der Waals surface area (Å²) in [4.78, 5) is 4.89. The molecular formula is C18H28N2O. The molecule has 0 aromatic heterocycles. The highest BCUT2D eigenvalue weighted by molar-refractivity contribution is 5.60. The first-order valence-electron chi connectivity index (χ1n) is 8.49. The first-order valence-corrected chi connectivity index (χ1v) is 8.49. The van der Waals surface area contributed by atoms with Gasteiger partial charge in [-0.25, -0.2) is 0 Å². The molecule has 116 valence electrons. The highest BCUT2D eigenvalue weighted by Crippen LogP contribution is 2.34. The van der Waals surface area contributed by atoms with Crippen LogP contribution in [0.4, 0.5) is 5.69 Å². The van der Waals surface area contributed by atoms with Crippen molar-refractivity contribution in [2.45, 2.75) is 45.1 Å². The van der Waals surface area contributed by atoms with Gasteiger partial charge in [-0.1, -0.05) is 13.0 Å². The Kier molecular flexibility index (Phi) is 4.69. The third-order valence-corrected chi connectivity index (χ3v) is 4.87. The number of anilines is 1. The van der Waals surface area contributed by atoms with E-state index in [-0.39, 0.29) is 0 Å². The van der Waals surface area contributed by atoms with Gasteiger partial charge in [0.1, 0.15) is 5.75 Å². The molecule has 3 rings (SSSR count). The normalized spacial score (nSPS) is 21.0. The number of likely N-dealkylation sites (N-methyl/N-ethyl adjacent to an activating group) is 1. The van der Waals surface area contributed by atoms with Crippen molar-refractivity contribution in [3.63, 3.8) is 0 Å². The van der Waals surface area contributed by atoms with Crippen molar-refractivity contribution < 1.29 is 4.74 Å². The quantitative estimate of drug-likeness (QED) is 0.845. The molecule has 0 bridgehead atoms. The molecule has 0 atom stereocenters. The van der Waals surface area contributed by atoms with Crippen molar-refractivity contribution in [3.8, 4) is 5.75 Å². The number of hydrogen-bond donors (Lipinski definition) is 0. The summed E-state index contributed by atoms with van der Waals surface area (Å²) in [5, 5.41) is 0. The van der Waals surface area contributed by atoms with Gasteiger partial charge in [0.2, 0.25) is 0 Å². The van der Waals surface area contributed by atoms with E-state index in [1.165, 1.54) is 36.9 Å². The summed E-state index contributed by atoms with van der Waals surface area (Å²) in [6.07, 6.45) is 6.59. The summed E-state index contributed by atoms with van der Waals surface area (Å²) in [6.45, 7) is 6.69. The molecule has 1 aliphatic heterocycles. The first kappa shape index (κ1) is 14.7. The number of ether oxygens (including phenoxy) is 1. The van der Waals surface area contributed by atoms with Crippen LogP contribution >= 0.6 is 0 Å². The van der Waals surface area contributed by atoms with Crippen LogP contribution in [0.5, 0.6) is 5.75 Å². The summed E-state index contributed by atoms with van der Waals surface area (Å²) in [5.41, 5.74) is 2.67. The Morgan fingerprint density at radius 1 is 1.10 bits per heavy atom. The Balaban J connectivity index is 1.80. The molecular weight excluding hydrogens is 260 g/mol. The summed E-state index contributed by atoms with van der Waals surface area (Å²) in [6, 6.07) is 6.80. The molecule has 2 aliphatic rings. The number of piperazine rings is 1. The number of hydrogen-bond acceptors (Lipinski definition) is 3. The molecule has 1 aromatic carbocycles. The van der Waals surface area contributed by atoms with Crippen molar-refractivity contribution >= 4 is 5.69 Å². The lowest BCUT2D eigenvalue weighted by molar-refractivity contribution is 0.209. The molecule has 0 spiro atoms. The van der Waals surface area contributed by atoms with Crippen molar-refractivity contribution in [2.75, 3.05) is 38.1 Å². The molecule has 0 N–H and O–H groups in total. The summed E-state index contributed by atoms with van der Waals surface area (Å²) < 4.78 is 6.37. The lowest BCUT2D eigenvalue weighted by Gasteiger charge is -2.35. The van der Waals surface area contributed by atoms with Gasteiger partial charge in [0, 0.05) is 26.2 Å². The third-order valence-electron chi connectivity index (χ3n) is 4.87. The third kappa shape index (κ3) is 3.52. The van der Waals surface area contributed by atoms with E-state index in [1.54, 1.807) is 0 Å². The Morgan fingerprint density at radius 3 is 2.48 bits per heavy atom. The van der Waals surface area contributed by atoms with Gasteiger partial charge < -0.3 is 14.5 Å².